The third-order valence-corrected chi connectivity index (χ3v) is 4.85. The molecule has 0 saturated carbocycles. The summed E-state index contributed by atoms with van der Waals surface area (Å²) in [6.07, 6.45) is 3.86. The summed E-state index contributed by atoms with van der Waals surface area (Å²) in [6.45, 7) is 6.77. The molecule has 0 atom stereocenters. The molecule has 1 saturated heterocycles. The number of carboxylic acids is 1. The molecule has 2 heterocycles. The summed E-state index contributed by atoms with van der Waals surface area (Å²) in [5.41, 5.74) is 4.25. The van der Waals surface area contributed by atoms with E-state index >= 15 is 0 Å². The fraction of sp³-hybridized carbons (Fsp3) is 0.476. The SMILES string of the molecule is C=C(NOCCCCCC1COC(C)(C(=O)O)OC1)c1cc2ccccc2o1. The van der Waals surface area contributed by atoms with Crippen LogP contribution in [0.25, 0.3) is 16.7 Å². The molecule has 7 heteroatoms. The van der Waals surface area contributed by atoms with E-state index in [0.717, 1.165) is 36.7 Å². The van der Waals surface area contributed by atoms with Crippen molar-refractivity contribution >= 4 is 22.6 Å². The maximum absolute atomic E-state index is 11.0. The smallest absolute Gasteiger partial charge is 0.364 e. The van der Waals surface area contributed by atoms with Gasteiger partial charge in [0.25, 0.3) is 5.79 Å². The Labute approximate surface area is 164 Å². The second kappa shape index (κ2) is 9.23. The van der Waals surface area contributed by atoms with Gasteiger partial charge in [0, 0.05) is 18.2 Å². The van der Waals surface area contributed by atoms with Gasteiger partial charge in [0.2, 0.25) is 0 Å². The molecule has 1 aromatic heterocycles. The van der Waals surface area contributed by atoms with Crippen molar-refractivity contribution in [1.29, 1.82) is 0 Å². The Morgan fingerprint density at radius 1 is 1.29 bits per heavy atom. The number of nitrogens with one attached hydrogen (secondary N) is 1. The van der Waals surface area contributed by atoms with Gasteiger partial charge in [0.15, 0.2) is 5.76 Å². The molecule has 0 bridgehead atoms. The molecule has 0 aliphatic carbocycles. The lowest BCUT2D eigenvalue weighted by Crippen LogP contribution is -2.47. The van der Waals surface area contributed by atoms with Crippen LogP contribution in [-0.4, -0.2) is 36.7 Å². The Morgan fingerprint density at radius 3 is 2.75 bits per heavy atom. The van der Waals surface area contributed by atoms with Crippen molar-refractivity contribution in [3.63, 3.8) is 0 Å². The fourth-order valence-electron chi connectivity index (χ4n) is 3.04. The fourth-order valence-corrected chi connectivity index (χ4v) is 3.04. The minimum atomic E-state index is -1.50. The van der Waals surface area contributed by atoms with E-state index in [1.165, 1.54) is 6.92 Å². The first kappa shape index (κ1) is 20.4. The number of hydrogen-bond acceptors (Lipinski definition) is 6. The average molecular weight is 389 g/mol. The normalized spacial score (nSPS) is 22.2. The van der Waals surface area contributed by atoms with Crippen LogP contribution in [0.4, 0.5) is 0 Å². The van der Waals surface area contributed by atoms with E-state index < -0.39 is 11.8 Å². The van der Waals surface area contributed by atoms with Crippen molar-refractivity contribution in [3.05, 3.63) is 42.7 Å². The monoisotopic (exact) mass is 389 g/mol. The zero-order valence-corrected chi connectivity index (χ0v) is 16.1. The van der Waals surface area contributed by atoms with Crippen LogP contribution < -0.4 is 5.48 Å². The van der Waals surface area contributed by atoms with E-state index in [4.69, 9.17) is 23.8 Å². The zero-order valence-electron chi connectivity index (χ0n) is 16.1. The molecule has 3 rings (SSSR count). The third kappa shape index (κ3) is 5.13. The van der Waals surface area contributed by atoms with Crippen molar-refractivity contribution in [3.8, 4) is 0 Å². The van der Waals surface area contributed by atoms with Gasteiger partial charge in [0.05, 0.1) is 25.5 Å². The zero-order chi connectivity index (χ0) is 20.0. The van der Waals surface area contributed by atoms with E-state index in [1.54, 1.807) is 0 Å². The Hall–Kier alpha value is -2.35. The van der Waals surface area contributed by atoms with Crippen LogP contribution in [0.15, 0.2) is 41.3 Å². The number of carboxylic acid groups (broad SMARTS) is 1. The molecular formula is C21H27NO6. The van der Waals surface area contributed by atoms with E-state index in [1.807, 2.05) is 30.3 Å². The molecule has 2 aromatic rings. The number of para-hydroxylation sites is 1. The summed E-state index contributed by atoms with van der Waals surface area (Å²) in [4.78, 5) is 16.5. The highest BCUT2D eigenvalue weighted by Crippen LogP contribution is 2.25. The number of furan rings is 1. The predicted octanol–water partition coefficient (Wildman–Crippen LogP) is 3.95. The van der Waals surface area contributed by atoms with Crippen LogP contribution in [0.2, 0.25) is 0 Å². The van der Waals surface area contributed by atoms with Gasteiger partial charge in [-0.25, -0.2) is 4.79 Å². The third-order valence-electron chi connectivity index (χ3n) is 4.85. The van der Waals surface area contributed by atoms with Crippen molar-refractivity contribution in [2.75, 3.05) is 19.8 Å². The molecule has 1 aliphatic rings. The Morgan fingerprint density at radius 2 is 2.04 bits per heavy atom. The highest BCUT2D eigenvalue weighted by Gasteiger charge is 2.40. The number of aliphatic carboxylic acids is 1. The predicted molar refractivity (Wildman–Crippen MR) is 104 cm³/mol. The molecule has 2 N–H and O–H groups in total. The number of fused-ring (bicyclic) bond motifs is 1. The minimum Gasteiger partial charge on any atom is -0.477 e. The van der Waals surface area contributed by atoms with Gasteiger partial charge in [-0.3, -0.25) is 10.3 Å². The van der Waals surface area contributed by atoms with E-state index in [0.29, 0.717) is 31.3 Å². The van der Waals surface area contributed by atoms with Crippen LogP contribution >= 0.6 is 0 Å². The summed E-state index contributed by atoms with van der Waals surface area (Å²) in [7, 11) is 0. The maximum Gasteiger partial charge on any atom is 0.364 e. The summed E-state index contributed by atoms with van der Waals surface area (Å²) >= 11 is 0. The number of benzene rings is 1. The Kier molecular flexibility index (Phi) is 6.72. The number of rotatable bonds is 10. The van der Waals surface area contributed by atoms with Crippen molar-refractivity contribution in [2.24, 2.45) is 5.92 Å². The number of ether oxygens (including phenoxy) is 2. The number of carbonyl (C=O) groups is 1. The molecular weight excluding hydrogens is 362 g/mol. The first-order valence-electron chi connectivity index (χ1n) is 9.55. The second-order valence-electron chi connectivity index (χ2n) is 7.17. The quantitative estimate of drug-likeness (QED) is 0.470. The number of unbranched alkanes of at least 4 members (excludes halogenated alkanes) is 2. The van der Waals surface area contributed by atoms with Crippen LogP contribution in [0.1, 0.15) is 38.4 Å². The first-order valence-corrected chi connectivity index (χ1v) is 9.55. The molecule has 0 amide bonds. The highest BCUT2D eigenvalue weighted by atomic mass is 16.7. The van der Waals surface area contributed by atoms with Crippen LogP contribution in [0.5, 0.6) is 0 Å². The second-order valence-corrected chi connectivity index (χ2v) is 7.17. The van der Waals surface area contributed by atoms with Crippen molar-refractivity contribution in [2.45, 2.75) is 38.4 Å². The highest BCUT2D eigenvalue weighted by molar-refractivity contribution is 5.81. The molecule has 0 radical (unpaired) electrons. The van der Waals surface area contributed by atoms with E-state index in [9.17, 15) is 4.79 Å². The van der Waals surface area contributed by atoms with Crippen LogP contribution in [-0.2, 0) is 19.1 Å². The van der Waals surface area contributed by atoms with Gasteiger partial charge in [0.1, 0.15) is 5.58 Å². The van der Waals surface area contributed by atoms with Crippen LogP contribution in [0.3, 0.4) is 0 Å². The van der Waals surface area contributed by atoms with Gasteiger partial charge in [-0.2, -0.15) is 0 Å². The molecule has 1 aliphatic heterocycles. The van der Waals surface area contributed by atoms with Gasteiger partial charge in [-0.05, 0) is 25.0 Å². The molecule has 28 heavy (non-hydrogen) atoms. The number of hydroxylamine groups is 1. The van der Waals surface area contributed by atoms with Crippen molar-refractivity contribution < 1.29 is 28.6 Å². The molecule has 152 valence electrons. The Balaban J connectivity index is 1.25. The summed E-state index contributed by atoms with van der Waals surface area (Å²) in [5, 5.41) is 10.1. The summed E-state index contributed by atoms with van der Waals surface area (Å²) in [5.74, 6) is -1.69. The Bertz CT molecular complexity index is 773. The largest absolute Gasteiger partial charge is 0.477 e. The molecule has 1 aromatic carbocycles. The van der Waals surface area contributed by atoms with E-state index in [2.05, 4.69) is 12.1 Å². The lowest BCUT2D eigenvalue weighted by atomic mass is 10.0. The lowest BCUT2D eigenvalue weighted by molar-refractivity contribution is -0.271. The molecule has 7 nitrogen and oxygen atoms in total. The van der Waals surface area contributed by atoms with Gasteiger partial charge in [-0.1, -0.05) is 37.6 Å². The maximum atomic E-state index is 11.0. The minimum absolute atomic E-state index is 0.235. The topological polar surface area (TPSA) is 90.2 Å². The first-order chi connectivity index (χ1) is 13.5. The lowest BCUT2D eigenvalue weighted by Gasteiger charge is -2.34. The molecule has 0 spiro atoms. The summed E-state index contributed by atoms with van der Waals surface area (Å²) in [6, 6.07) is 9.72. The standard InChI is InChI=1S/C21H27NO6/c1-15(19-12-17-9-5-6-10-18(17)28-19)22-27-11-7-3-4-8-16-13-25-21(2,20(23)24)26-14-16/h5-6,9-10,12,16,22H,1,3-4,7-8,11,13-14H2,2H3,(H,23,24). The molecule has 1 fully saturated rings. The van der Waals surface area contributed by atoms with Gasteiger partial charge in [-0.15, -0.1) is 0 Å². The summed E-state index contributed by atoms with van der Waals surface area (Å²) < 4.78 is 16.4. The van der Waals surface area contributed by atoms with Gasteiger partial charge >= 0.3 is 5.97 Å². The van der Waals surface area contributed by atoms with E-state index in [-0.39, 0.29) is 5.92 Å². The number of hydrogen-bond donors (Lipinski definition) is 2. The van der Waals surface area contributed by atoms with Crippen LogP contribution in [0, 0.1) is 5.92 Å². The van der Waals surface area contributed by atoms with Gasteiger partial charge < -0.3 is 19.0 Å². The average Bonchev–Trinajstić information content (AvgIpc) is 3.13. The molecule has 0 unspecified atom stereocenters. The van der Waals surface area contributed by atoms with Crippen molar-refractivity contribution in [1.82, 2.24) is 5.48 Å².